The second-order valence-electron chi connectivity index (χ2n) is 23.6. The molecule has 0 fully saturated rings. The Morgan fingerprint density at radius 2 is 1.05 bits per heavy atom. The molecule has 1 aliphatic rings. The summed E-state index contributed by atoms with van der Waals surface area (Å²) in [6.07, 6.45) is 2.23. The van der Waals surface area contributed by atoms with Crippen molar-refractivity contribution < 1.29 is 57.2 Å². The van der Waals surface area contributed by atoms with Crippen molar-refractivity contribution in [3.63, 3.8) is 0 Å². The van der Waals surface area contributed by atoms with E-state index < -0.39 is 70.2 Å². The van der Waals surface area contributed by atoms with E-state index >= 15 is 0 Å². The third kappa shape index (κ3) is 27.6. The predicted molar refractivity (Wildman–Crippen MR) is 280 cm³/mol. The molecular formula is C52H87N9O12. The minimum Gasteiger partial charge on any atom is -0.444 e. The summed E-state index contributed by atoms with van der Waals surface area (Å²) in [5.74, 6) is 0.0645. The molecule has 0 radical (unpaired) electrons. The van der Waals surface area contributed by atoms with E-state index in [1.807, 2.05) is 32.9 Å². The summed E-state index contributed by atoms with van der Waals surface area (Å²) in [5, 5.41) is 4.97. The number of carbonyl (C=O) groups is 6. The zero-order valence-corrected chi connectivity index (χ0v) is 47.2. The summed E-state index contributed by atoms with van der Waals surface area (Å²) < 4.78 is 33.6. The van der Waals surface area contributed by atoms with Gasteiger partial charge in [0, 0.05) is 50.2 Å². The zero-order valence-electron chi connectivity index (χ0n) is 47.2. The van der Waals surface area contributed by atoms with E-state index in [0.717, 1.165) is 24.2 Å². The molecule has 412 valence electrons. The third-order valence-corrected chi connectivity index (χ3v) is 9.16. The van der Waals surface area contributed by atoms with Crippen molar-refractivity contribution >= 4 is 54.3 Å². The maximum Gasteiger partial charge on any atom is 0.437 e. The Balaban J connectivity index is 2.36. The van der Waals surface area contributed by atoms with Gasteiger partial charge < -0.3 is 28.4 Å². The van der Waals surface area contributed by atoms with Crippen molar-refractivity contribution in [1.82, 2.24) is 30.3 Å². The number of aliphatic imine (C=N–C) groups is 3. The highest BCUT2D eigenvalue weighted by Gasteiger charge is 2.36. The van der Waals surface area contributed by atoms with Crippen LogP contribution in [0.1, 0.15) is 187 Å². The lowest BCUT2D eigenvalue weighted by Gasteiger charge is -2.34. The number of guanidine groups is 2. The first-order valence-corrected chi connectivity index (χ1v) is 25.3. The number of nitrogens with one attached hydrogen (secondary N) is 2. The molecule has 21 nitrogen and oxygen atoms in total. The molecule has 0 saturated heterocycles. The van der Waals surface area contributed by atoms with E-state index in [0.29, 0.717) is 68.7 Å². The molecule has 21 heteroatoms. The molecule has 1 aromatic rings. The Labute approximate surface area is 434 Å². The van der Waals surface area contributed by atoms with Gasteiger partial charge in [-0.1, -0.05) is 25.7 Å². The van der Waals surface area contributed by atoms with Crippen molar-refractivity contribution in [3.8, 4) is 0 Å². The molecule has 1 aliphatic heterocycles. The first-order valence-electron chi connectivity index (χ1n) is 25.3. The highest BCUT2D eigenvalue weighted by atomic mass is 16.6. The molecule has 2 heterocycles. The number of hydrogen-bond acceptors (Lipinski definition) is 15. The van der Waals surface area contributed by atoms with Gasteiger partial charge >= 0.3 is 36.6 Å². The van der Waals surface area contributed by atoms with E-state index in [-0.39, 0.29) is 31.6 Å². The summed E-state index contributed by atoms with van der Waals surface area (Å²) in [4.78, 5) is 102. The molecular weight excluding hydrogens is 943 g/mol. The molecule has 0 atom stereocenters. The fourth-order valence-electron chi connectivity index (χ4n) is 6.47. The average Bonchev–Trinajstić information content (AvgIpc) is 3.18. The second-order valence-corrected chi connectivity index (χ2v) is 23.6. The van der Waals surface area contributed by atoms with Crippen LogP contribution in [-0.2, 0) is 34.8 Å². The first kappa shape index (κ1) is 63.1. The van der Waals surface area contributed by atoms with Crippen LogP contribution in [0.15, 0.2) is 33.3 Å². The summed E-state index contributed by atoms with van der Waals surface area (Å²) in [6, 6.07) is 3.65. The fraction of sp³-hybridized carbons (Fsp3) is 0.731. The van der Waals surface area contributed by atoms with Crippen LogP contribution in [0.25, 0.3) is 0 Å². The van der Waals surface area contributed by atoms with Crippen molar-refractivity contribution in [2.75, 3.05) is 32.7 Å². The quantitative estimate of drug-likeness (QED) is 0.0763. The lowest BCUT2D eigenvalue weighted by atomic mass is 10.1. The largest absolute Gasteiger partial charge is 0.444 e. The fourth-order valence-corrected chi connectivity index (χ4v) is 6.47. The van der Waals surface area contributed by atoms with Crippen molar-refractivity contribution in [1.29, 1.82) is 0 Å². The van der Waals surface area contributed by atoms with Crippen molar-refractivity contribution in [2.24, 2.45) is 15.0 Å². The van der Waals surface area contributed by atoms with Crippen LogP contribution in [0.3, 0.4) is 0 Å². The SMILES string of the molecule is CC(C)(C)OC(=O)/N=C(\N(CCCCCCCCN=C(NC(=O)OC(C)(C)C)NC(=O)OC(C)(C)C)C(=O)OC(C)(C)C)N(CCCc1ccc(C2=NCCCN2C(=O)OC(C)(C)C)cn1)C(=O)OC(C)(C)C. The monoisotopic (exact) mass is 1030 g/mol. The number of rotatable bonds is 14. The first-order chi connectivity index (χ1) is 33.4. The van der Waals surface area contributed by atoms with Crippen LogP contribution in [0, 0.1) is 0 Å². The van der Waals surface area contributed by atoms with E-state index in [2.05, 4.69) is 30.6 Å². The van der Waals surface area contributed by atoms with E-state index in [1.54, 1.807) is 110 Å². The number of hydrogen-bond donors (Lipinski definition) is 2. The topological polar surface area (TPSA) is 242 Å². The minimum absolute atomic E-state index is 0.0172. The lowest BCUT2D eigenvalue weighted by molar-refractivity contribution is 0.0268. The van der Waals surface area contributed by atoms with E-state index in [4.69, 9.17) is 28.4 Å². The maximum atomic E-state index is 14.2. The summed E-state index contributed by atoms with van der Waals surface area (Å²) in [6.45, 7) is 32.3. The lowest BCUT2D eigenvalue weighted by Crippen LogP contribution is -2.53. The Hall–Kier alpha value is -6.02. The van der Waals surface area contributed by atoms with Gasteiger partial charge in [0.25, 0.3) is 0 Å². The molecule has 0 spiro atoms. The van der Waals surface area contributed by atoms with Crippen LogP contribution in [-0.4, -0.2) is 140 Å². The Morgan fingerprint density at radius 1 is 0.589 bits per heavy atom. The highest BCUT2D eigenvalue weighted by molar-refractivity contribution is 6.07. The summed E-state index contributed by atoms with van der Waals surface area (Å²) in [7, 11) is 0. The number of aryl methyl sites for hydroxylation is 1. The van der Waals surface area contributed by atoms with Crippen molar-refractivity contribution in [2.45, 2.75) is 216 Å². The molecule has 0 saturated carbocycles. The van der Waals surface area contributed by atoms with Gasteiger partial charge in [0.2, 0.25) is 11.9 Å². The third-order valence-electron chi connectivity index (χ3n) is 9.16. The van der Waals surface area contributed by atoms with Gasteiger partial charge in [0.1, 0.15) is 39.4 Å². The molecule has 0 aliphatic carbocycles. The van der Waals surface area contributed by atoms with Gasteiger partial charge in [0.15, 0.2) is 0 Å². The number of pyridine rings is 1. The highest BCUT2D eigenvalue weighted by Crippen LogP contribution is 2.21. The number of carbonyl (C=O) groups excluding carboxylic acids is 6. The predicted octanol–water partition coefficient (Wildman–Crippen LogP) is 10.9. The second kappa shape index (κ2) is 27.3. The molecule has 73 heavy (non-hydrogen) atoms. The van der Waals surface area contributed by atoms with Crippen molar-refractivity contribution in [3.05, 3.63) is 29.6 Å². The minimum atomic E-state index is -1.03. The molecule has 0 bridgehead atoms. The number of nitrogens with zero attached hydrogens (tertiary/aromatic N) is 7. The Bertz CT molecular complexity index is 2070. The molecule has 0 unspecified atom stereocenters. The molecule has 2 N–H and O–H groups in total. The summed E-state index contributed by atoms with van der Waals surface area (Å²) in [5.41, 5.74) is -3.79. The average molecular weight is 1030 g/mol. The number of ether oxygens (including phenoxy) is 6. The van der Waals surface area contributed by atoms with E-state index in [9.17, 15) is 28.8 Å². The Kier molecular flexibility index (Phi) is 23.6. The zero-order chi connectivity index (χ0) is 55.6. The number of unbranched alkanes of at least 4 members (excludes halogenated alkanes) is 5. The van der Waals surface area contributed by atoms with Gasteiger partial charge in [0.05, 0.1) is 0 Å². The van der Waals surface area contributed by atoms with E-state index in [1.165, 1.54) is 9.80 Å². The summed E-state index contributed by atoms with van der Waals surface area (Å²) >= 11 is 0. The van der Waals surface area contributed by atoms with Crippen LogP contribution in [0.5, 0.6) is 0 Å². The maximum absolute atomic E-state index is 14.2. The standard InChI is InChI=1S/C52H87N9O12/c1-47(2,3)68-41(62)56-39(57-42(63)69-48(4,5)6)54-30-23-21-19-20-22-24-32-60(45(66)72-51(13,14)15)40(58-43(64)70-49(7,8)9)61(46(67)73-52(16,17)18)33-25-27-37-29-28-36(35-55-37)38-53-31-26-34-59(38)44(65)71-50(10,11)12/h28-29,35H,19-27,30-34H2,1-18H3,(H2,54,56,57,62,63)/b58-40+. The van der Waals surface area contributed by atoms with Crippen LogP contribution >= 0.6 is 0 Å². The van der Waals surface area contributed by atoms with Gasteiger partial charge in [-0.25, -0.2) is 38.6 Å². The number of alkyl carbamates (subject to hydrolysis) is 2. The number of amidine groups is 1. The molecule has 2 rings (SSSR count). The van der Waals surface area contributed by atoms with Crippen LogP contribution in [0.4, 0.5) is 28.8 Å². The van der Waals surface area contributed by atoms with Crippen LogP contribution < -0.4 is 10.6 Å². The molecule has 6 amide bonds. The Morgan fingerprint density at radius 3 is 1.52 bits per heavy atom. The normalized spacial score (nSPS) is 13.7. The number of amides is 6. The smallest absolute Gasteiger partial charge is 0.437 e. The van der Waals surface area contributed by atoms with Gasteiger partial charge in [-0.15, -0.1) is 4.99 Å². The molecule has 0 aromatic carbocycles. The van der Waals surface area contributed by atoms with Gasteiger partial charge in [-0.3, -0.25) is 30.5 Å². The van der Waals surface area contributed by atoms with Gasteiger partial charge in [-0.05, 0) is 169 Å². The van der Waals surface area contributed by atoms with Crippen LogP contribution in [0.2, 0.25) is 0 Å². The van der Waals surface area contributed by atoms with Gasteiger partial charge in [-0.2, -0.15) is 0 Å². The molecule has 1 aromatic heterocycles. The number of aromatic nitrogens is 1.